The number of rotatable bonds is 2. The Morgan fingerprint density at radius 1 is 1.55 bits per heavy atom. The highest BCUT2D eigenvalue weighted by molar-refractivity contribution is 5.23. The number of methoxy groups -OCH3 is 1. The predicted octanol–water partition coefficient (Wildman–Crippen LogP) is 0.641. The molecule has 0 fully saturated rings. The third-order valence-electron chi connectivity index (χ3n) is 2.05. The van der Waals surface area contributed by atoms with E-state index in [9.17, 15) is 0 Å². The highest BCUT2D eigenvalue weighted by Crippen LogP contribution is 2.25. The molecule has 4 heteroatoms. The molecule has 0 aliphatic carbocycles. The molecule has 1 unspecified atom stereocenters. The van der Waals surface area contributed by atoms with E-state index in [1.807, 2.05) is 31.3 Å². The van der Waals surface area contributed by atoms with Crippen molar-refractivity contribution >= 4 is 6.72 Å². The van der Waals surface area contributed by atoms with E-state index in [0.29, 0.717) is 0 Å². The van der Waals surface area contributed by atoms with E-state index in [-0.39, 0.29) is 0 Å². The van der Waals surface area contributed by atoms with E-state index in [4.69, 9.17) is 4.74 Å². The molecular formula is C7H13N3O. The van der Waals surface area contributed by atoms with Crippen LogP contribution in [0.4, 0.5) is 0 Å². The van der Waals surface area contributed by atoms with Crippen molar-refractivity contribution in [2.45, 2.75) is 12.8 Å². The SMILES string of the molecule is C=NN1C=CN(C)C1(C)OC. The minimum Gasteiger partial charge on any atom is -0.340 e. The van der Waals surface area contributed by atoms with Crippen LogP contribution in [0.25, 0.3) is 0 Å². The largest absolute Gasteiger partial charge is 0.340 e. The average molecular weight is 155 g/mol. The lowest BCUT2D eigenvalue weighted by atomic mass is 10.4. The average Bonchev–Trinajstić information content (AvgIpc) is 2.30. The zero-order valence-electron chi connectivity index (χ0n) is 7.11. The molecule has 1 atom stereocenters. The van der Waals surface area contributed by atoms with Crippen LogP contribution < -0.4 is 0 Å². The molecule has 1 aliphatic rings. The maximum Gasteiger partial charge on any atom is 0.236 e. The van der Waals surface area contributed by atoms with Gasteiger partial charge in [0, 0.05) is 40.2 Å². The summed E-state index contributed by atoms with van der Waals surface area (Å²) >= 11 is 0. The van der Waals surface area contributed by atoms with Gasteiger partial charge in [0.2, 0.25) is 5.85 Å². The molecular weight excluding hydrogens is 142 g/mol. The third-order valence-corrected chi connectivity index (χ3v) is 2.05. The maximum absolute atomic E-state index is 5.27. The minimum atomic E-state index is -0.512. The second kappa shape index (κ2) is 2.54. The van der Waals surface area contributed by atoms with Gasteiger partial charge in [-0.3, -0.25) is 0 Å². The van der Waals surface area contributed by atoms with Crippen LogP contribution >= 0.6 is 0 Å². The van der Waals surface area contributed by atoms with Crippen molar-refractivity contribution in [1.82, 2.24) is 9.91 Å². The van der Waals surface area contributed by atoms with Gasteiger partial charge in [0.25, 0.3) is 0 Å². The summed E-state index contributed by atoms with van der Waals surface area (Å²) in [4.78, 5) is 1.92. The molecule has 0 N–H and O–H groups in total. The lowest BCUT2D eigenvalue weighted by molar-refractivity contribution is -0.165. The lowest BCUT2D eigenvalue weighted by Gasteiger charge is -2.36. The van der Waals surface area contributed by atoms with E-state index in [1.165, 1.54) is 0 Å². The Kier molecular flexibility index (Phi) is 1.87. The van der Waals surface area contributed by atoms with Crippen LogP contribution in [0.5, 0.6) is 0 Å². The summed E-state index contributed by atoms with van der Waals surface area (Å²) in [5.41, 5.74) is 0. The van der Waals surface area contributed by atoms with Gasteiger partial charge in [0.05, 0.1) is 0 Å². The Morgan fingerprint density at radius 3 is 2.55 bits per heavy atom. The molecule has 0 spiro atoms. The first-order chi connectivity index (χ1) is 5.15. The Balaban J connectivity index is 2.84. The molecule has 0 bridgehead atoms. The summed E-state index contributed by atoms with van der Waals surface area (Å²) in [6.07, 6.45) is 3.70. The Morgan fingerprint density at radius 2 is 2.18 bits per heavy atom. The smallest absolute Gasteiger partial charge is 0.236 e. The van der Waals surface area contributed by atoms with Crippen molar-refractivity contribution in [3.05, 3.63) is 12.4 Å². The molecule has 62 valence electrons. The summed E-state index contributed by atoms with van der Waals surface area (Å²) in [6.45, 7) is 5.36. The number of hydrogen-bond donors (Lipinski definition) is 0. The van der Waals surface area contributed by atoms with Crippen LogP contribution in [-0.4, -0.2) is 36.6 Å². The second-order valence-electron chi connectivity index (χ2n) is 2.53. The zero-order chi connectivity index (χ0) is 8.48. The van der Waals surface area contributed by atoms with Crippen LogP contribution in [0.1, 0.15) is 6.92 Å². The van der Waals surface area contributed by atoms with Gasteiger partial charge in [0.1, 0.15) is 0 Å². The van der Waals surface area contributed by atoms with Crippen molar-refractivity contribution in [1.29, 1.82) is 0 Å². The summed E-state index contributed by atoms with van der Waals surface area (Å²) in [5, 5.41) is 5.45. The van der Waals surface area contributed by atoms with Crippen LogP contribution in [0.2, 0.25) is 0 Å². The summed E-state index contributed by atoms with van der Waals surface area (Å²) < 4.78 is 5.27. The monoisotopic (exact) mass is 155 g/mol. The van der Waals surface area contributed by atoms with Crippen LogP contribution in [-0.2, 0) is 4.74 Å². The zero-order valence-corrected chi connectivity index (χ0v) is 7.11. The highest BCUT2D eigenvalue weighted by atomic mass is 16.5. The molecule has 0 radical (unpaired) electrons. The normalized spacial score (nSPS) is 29.7. The molecule has 1 rings (SSSR count). The summed E-state index contributed by atoms with van der Waals surface area (Å²) in [5.74, 6) is -0.512. The van der Waals surface area contributed by atoms with Crippen molar-refractivity contribution in [2.75, 3.05) is 14.2 Å². The fourth-order valence-corrected chi connectivity index (χ4v) is 1.02. The molecule has 1 heterocycles. The molecule has 11 heavy (non-hydrogen) atoms. The van der Waals surface area contributed by atoms with E-state index >= 15 is 0 Å². The van der Waals surface area contributed by atoms with Crippen molar-refractivity contribution in [3.8, 4) is 0 Å². The highest BCUT2D eigenvalue weighted by Gasteiger charge is 2.36. The molecule has 0 aromatic heterocycles. The fraction of sp³-hybridized carbons (Fsp3) is 0.571. The van der Waals surface area contributed by atoms with E-state index < -0.39 is 5.85 Å². The van der Waals surface area contributed by atoms with Gasteiger partial charge < -0.3 is 9.64 Å². The molecule has 0 amide bonds. The predicted molar refractivity (Wildman–Crippen MR) is 43.7 cm³/mol. The maximum atomic E-state index is 5.27. The van der Waals surface area contributed by atoms with Crippen LogP contribution in [0.15, 0.2) is 17.5 Å². The van der Waals surface area contributed by atoms with Gasteiger partial charge in [-0.05, 0) is 0 Å². The second-order valence-corrected chi connectivity index (χ2v) is 2.53. The molecule has 0 aromatic rings. The standard InChI is InChI=1S/C7H13N3O/c1-7(11-4)9(3)5-6-10(7)8-2/h5-6H,2H2,1,3-4H3. The topological polar surface area (TPSA) is 28.1 Å². The summed E-state index contributed by atoms with van der Waals surface area (Å²) in [7, 11) is 3.56. The van der Waals surface area contributed by atoms with Gasteiger partial charge >= 0.3 is 0 Å². The Bertz CT molecular complexity index is 192. The van der Waals surface area contributed by atoms with Gasteiger partial charge in [-0.15, -0.1) is 0 Å². The quantitative estimate of drug-likeness (QED) is 0.548. The lowest BCUT2D eigenvalue weighted by Crippen LogP contribution is -2.48. The van der Waals surface area contributed by atoms with Gasteiger partial charge in [0.15, 0.2) is 0 Å². The third kappa shape index (κ3) is 0.991. The number of ether oxygens (including phenoxy) is 1. The Hall–Kier alpha value is -1.03. The van der Waals surface area contributed by atoms with Crippen molar-refractivity contribution in [2.24, 2.45) is 5.10 Å². The molecule has 1 aliphatic heterocycles. The molecule has 0 saturated heterocycles. The fourth-order valence-electron chi connectivity index (χ4n) is 1.02. The summed E-state index contributed by atoms with van der Waals surface area (Å²) in [6, 6.07) is 0. The van der Waals surface area contributed by atoms with E-state index in [0.717, 1.165) is 0 Å². The molecule has 4 nitrogen and oxygen atoms in total. The van der Waals surface area contributed by atoms with E-state index in [2.05, 4.69) is 11.8 Å². The number of hydrogen-bond acceptors (Lipinski definition) is 4. The van der Waals surface area contributed by atoms with Gasteiger partial charge in [-0.2, -0.15) is 5.10 Å². The van der Waals surface area contributed by atoms with Crippen LogP contribution in [0, 0.1) is 0 Å². The van der Waals surface area contributed by atoms with Gasteiger partial charge in [-0.25, -0.2) is 5.01 Å². The van der Waals surface area contributed by atoms with Crippen molar-refractivity contribution < 1.29 is 4.74 Å². The first kappa shape index (κ1) is 8.07. The van der Waals surface area contributed by atoms with E-state index in [1.54, 1.807) is 12.1 Å². The first-order valence-electron chi connectivity index (χ1n) is 3.37. The number of nitrogens with zero attached hydrogens (tertiary/aromatic N) is 3. The minimum absolute atomic E-state index is 0.512. The van der Waals surface area contributed by atoms with Gasteiger partial charge in [-0.1, -0.05) is 0 Å². The molecule has 0 saturated carbocycles. The van der Waals surface area contributed by atoms with Crippen molar-refractivity contribution in [3.63, 3.8) is 0 Å². The van der Waals surface area contributed by atoms with Crippen LogP contribution in [0.3, 0.4) is 0 Å². The number of hydrazone groups is 1. The Labute approximate surface area is 66.7 Å². The first-order valence-corrected chi connectivity index (χ1v) is 3.37. The molecule has 0 aromatic carbocycles.